The van der Waals surface area contributed by atoms with Gasteiger partial charge in [0.25, 0.3) is 0 Å². The molecule has 0 spiro atoms. The van der Waals surface area contributed by atoms with Gasteiger partial charge in [-0.05, 0) is 38.5 Å². The Kier molecular flexibility index (Phi) is 7.95. The van der Waals surface area contributed by atoms with E-state index in [0.717, 1.165) is 0 Å². The molecule has 2 N–H and O–H groups in total. The maximum Gasteiger partial charge on any atom is 0.408 e. The lowest BCUT2D eigenvalue weighted by Crippen LogP contribution is -2.45. The number of ether oxygens (including phenoxy) is 2. The van der Waals surface area contributed by atoms with Gasteiger partial charge >= 0.3 is 18.0 Å². The second-order valence-electron chi connectivity index (χ2n) is 5.93. The minimum Gasteiger partial charge on any atom is -0.478 e. The van der Waals surface area contributed by atoms with E-state index in [2.05, 4.69) is 10.1 Å². The van der Waals surface area contributed by atoms with E-state index in [9.17, 15) is 14.4 Å². The van der Waals surface area contributed by atoms with Gasteiger partial charge in [0.1, 0.15) is 11.6 Å². The highest BCUT2D eigenvalue weighted by Gasteiger charge is 2.25. The van der Waals surface area contributed by atoms with E-state index in [0.29, 0.717) is 5.56 Å². The topological polar surface area (TPSA) is 102 Å². The standard InChI is InChI=1S/C16H21NO6.CH4/c1-16(2,3)23-15(21)17-12(14(20)22-4)9-10-5-7-11(8-6-10)13(18)19;/h5-8,12H,9H2,1-4H3,(H,17,21)(H,18,19);1H4. The fourth-order valence-corrected chi connectivity index (χ4v) is 1.80. The second kappa shape index (κ2) is 8.90. The molecule has 134 valence electrons. The lowest BCUT2D eigenvalue weighted by Gasteiger charge is -2.22. The lowest BCUT2D eigenvalue weighted by molar-refractivity contribution is -0.143. The SMILES string of the molecule is C.COC(=O)C(Cc1ccc(C(=O)O)cc1)NC(=O)OC(C)(C)C. The minimum atomic E-state index is -1.03. The molecule has 1 aromatic carbocycles. The number of carbonyl (C=O) groups is 3. The number of carboxylic acid groups (broad SMARTS) is 1. The highest BCUT2D eigenvalue weighted by atomic mass is 16.6. The van der Waals surface area contributed by atoms with Crippen molar-refractivity contribution in [3.63, 3.8) is 0 Å². The zero-order valence-electron chi connectivity index (χ0n) is 13.6. The van der Waals surface area contributed by atoms with Crippen LogP contribution in [0.15, 0.2) is 24.3 Å². The summed E-state index contributed by atoms with van der Waals surface area (Å²) < 4.78 is 9.79. The van der Waals surface area contributed by atoms with Crippen LogP contribution in [0.5, 0.6) is 0 Å². The van der Waals surface area contributed by atoms with Gasteiger partial charge in [-0.15, -0.1) is 0 Å². The number of carboxylic acids is 1. The Bertz CT molecular complexity index is 574. The number of amides is 1. The molecule has 1 amide bonds. The van der Waals surface area contributed by atoms with Gasteiger partial charge < -0.3 is 19.9 Å². The summed E-state index contributed by atoms with van der Waals surface area (Å²) in [5.41, 5.74) is 0.137. The number of nitrogens with one attached hydrogen (secondary N) is 1. The summed E-state index contributed by atoms with van der Waals surface area (Å²) in [6.45, 7) is 5.14. The second-order valence-corrected chi connectivity index (χ2v) is 5.93. The number of carbonyl (C=O) groups excluding carboxylic acids is 2. The Labute approximate surface area is 142 Å². The molecule has 0 aliphatic carbocycles. The molecule has 0 aliphatic heterocycles. The summed E-state index contributed by atoms with van der Waals surface area (Å²) >= 11 is 0. The van der Waals surface area contributed by atoms with Crippen molar-refractivity contribution in [3.8, 4) is 0 Å². The number of esters is 1. The molecule has 0 saturated carbocycles. The molecule has 0 aliphatic rings. The van der Waals surface area contributed by atoms with Gasteiger partial charge in [-0.2, -0.15) is 0 Å². The van der Waals surface area contributed by atoms with Gasteiger partial charge in [0.05, 0.1) is 12.7 Å². The first-order valence-electron chi connectivity index (χ1n) is 7.02. The first kappa shape index (κ1) is 21.4. The van der Waals surface area contributed by atoms with E-state index in [-0.39, 0.29) is 19.4 Å². The Morgan fingerprint density at radius 1 is 1.17 bits per heavy atom. The predicted molar refractivity (Wildman–Crippen MR) is 89.0 cm³/mol. The minimum absolute atomic E-state index is 0. The Hall–Kier alpha value is -2.57. The zero-order chi connectivity index (χ0) is 17.6. The van der Waals surface area contributed by atoms with E-state index >= 15 is 0 Å². The summed E-state index contributed by atoms with van der Waals surface area (Å²) in [4.78, 5) is 34.4. The number of benzene rings is 1. The molecule has 1 atom stereocenters. The van der Waals surface area contributed by atoms with Crippen LogP contribution in [-0.4, -0.2) is 41.9 Å². The molecular formula is C17H25NO6. The highest BCUT2D eigenvalue weighted by molar-refractivity contribution is 5.87. The highest BCUT2D eigenvalue weighted by Crippen LogP contribution is 2.10. The molecule has 1 rings (SSSR count). The third-order valence-electron chi connectivity index (χ3n) is 2.82. The molecule has 0 heterocycles. The molecule has 0 bridgehead atoms. The Morgan fingerprint density at radius 2 is 1.71 bits per heavy atom. The van der Waals surface area contributed by atoms with Crippen molar-refractivity contribution >= 4 is 18.0 Å². The van der Waals surface area contributed by atoms with Crippen molar-refractivity contribution in [2.24, 2.45) is 0 Å². The summed E-state index contributed by atoms with van der Waals surface area (Å²) in [5, 5.41) is 11.3. The molecule has 0 aromatic heterocycles. The summed E-state index contributed by atoms with van der Waals surface area (Å²) in [6.07, 6.45) is -0.568. The van der Waals surface area contributed by atoms with Crippen LogP contribution in [0, 0.1) is 0 Å². The van der Waals surface area contributed by atoms with E-state index in [1.54, 1.807) is 32.9 Å². The van der Waals surface area contributed by atoms with Crippen LogP contribution in [0.4, 0.5) is 4.79 Å². The van der Waals surface area contributed by atoms with E-state index in [4.69, 9.17) is 9.84 Å². The third-order valence-corrected chi connectivity index (χ3v) is 2.82. The summed E-state index contributed by atoms with van der Waals surface area (Å²) in [5.74, 6) is -1.65. The van der Waals surface area contributed by atoms with E-state index < -0.39 is 29.7 Å². The summed E-state index contributed by atoms with van der Waals surface area (Å²) in [6, 6.07) is 5.09. The van der Waals surface area contributed by atoms with Crippen molar-refractivity contribution < 1.29 is 29.0 Å². The van der Waals surface area contributed by atoms with Crippen LogP contribution in [0.1, 0.15) is 44.1 Å². The number of hydrogen-bond donors (Lipinski definition) is 2. The fraction of sp³-hybridized carbons (Fsp3) is 0.471. The van der Waals surface area contributed by atoms with Gasteiger partial charge in [0.15, 0.2) is 0 Å². The van der Waals surface area contributed by atoms with Crippen LogP contribution >= 0.6 is 0 Å². The molecular weight excluding hydrogens is 314 g/mol. The van der Waals surface area contributed by atoms with Crippen LogP contribution in [0.3, 0.4) is 0 Å². The van der Waals surface area contributed by atoms with Gasteiger partial charge in [0, 0.05) is 6.42 Å². The average Bonchev–Trinajstić information content (AvgIpc) is 2.44. The monoisotopic (exact) mass is 339 g/mol. The number of hydrogen-bond acceptors (Lipinski definition) is 5. The van der Waals surface area contributed by atoms with Crippen LogP contribution in [0.2, 0.25) is 0 Å². The first-order valence-corrected chi connectivity index (χ1v) is 7.02. The number of alkyl carbamates (subject to hydrolysis) is 1. The van der Waals surface area contributed by atoms with Crippen molar-refractivity contribution in [3.05, 3.63) is 35.4 Å². The first-order chi connectivity index (χ1) is 10.6. The van der Waals surface area contributed by atoms with Gasteiger partial charge in [-0.1, -0.05) is 19.6 Å². The number of rotatable bonds is 5. The lowest BCUT2D eigenvalue weighted by atomic mass is 10.0. The quantitative estimate of drug-likeness (QED) is 0.800. The molecule has 1 unspecified atom stereocenters. The smallest absolute Gasteiger partial charge is 0.408 e. The van der Waals surface area contributed by atoms with E-state index in [1.165, 1.54) is 19.2 Å². The number of aromatic carboxylic acids is 1. The van der Waals surface area contributed by atoms with Crippen LogP contribution in [0.25, 0.3) is 0 Å². The molecule has 1 aromatic rings. The fourth-order valence-electron chi connectivity index (χ4n) is 1.80. The zero-order valence-corrected chi connectivity index (χ0v) is 13.6. The van der Waals surface area contributed by atoms with Gasteiger partial charge in [-0.3, -0.25) is 0 Å². The molecule has 24 heavy (non-hydrogen) atoms. The molecule has 0 fully saturated rings. The van der Waals surface area contributed by atoms with Crippen molar-refractivity contribution in [1.29, 1.82) is 0 Å². The van der Waals surface area contributed by atoms with Gasteiger partial charge in [0.2, 0.25) is 0 Å². The normalized spacial score (nSPS) is 11.7. The largest absolute Gasteiger partial charge is 0.478 e. The Morgan fingerprint density at radius 3 is 2.12 bits per heavy atom. The van der Waals surface area contributed by atoms with E-state index in [1.807, 2.05) is 0 Å². The maximum absolute atomic E-state index is 11.8. The number of methoxy groups -OCH3 is 1. The average molecular weight is 339 g/mol. The van der Waals surface area contributed by atoms with Crippen LogP contribution < -0.4 is 5.32 Å². The maximum atomic E-state index is 11.8. The molecule has 0 radical (unpaired) electrons. The van der Waals surface area contributed by atoms with Crippen molar-refractivity contribution in [2.75, 3.05) is 7.11 Å². The Balaban J connectivity index is 0.00000529. The predicted octanol–water partition coefficient (Wildman–Crippen LogP) is 2.63. The summed E-state index contributed by atoms with van der Waals surface area (Å²) in [7, 11) is 1.22. The molecule has 7 nitrogen and oxygen atoms in total. The third kappa shape index (κ3) is 7.13. The van der Waals surface area contributed by atoms with Gasteiger partial charge in [-0.25, -0.2) is 14.4 Å². The van der Waals surface area contributed by atoms with Crippen molar-refractivity contribution in [1.82, 2.24) is 5.32 Å². The van der Waals surface area contributed by atoms with Crippen molar-refractivity contribution in [2.45, 2.75) is 46.3 Å². The molecule has 7 heteroatoms. The molecule has 0 saturated heterocycles. The van der Waals surface area contributed by atoms with Crippen LogP contribution in [-0.2, 0) is 20.7 Å².